The Hall–Kier alpha value is -1.12. The van der Waals surface area contributed by atoms with Crippen molar-refractivity contribution in [2.75, 3.05) is 20.2 Å². The molecule has 0 saturated carbocycles. The number of amides is 1. The number of nitrogens with zero attached hydrogens (tertiary/aromatic N) is 1. The Balaban J connectivity index is 3.45. The number of hydrogen-bond acceptors (Lipinski definition) is 4. The van der Waals surface area contributed by atoms with E-state index in [2.05, 4.69) is 11.4 Å². The monoisotopic (exact) mass is 213 g/mol. The average molecular weight is 213 g/mol. The summed E-state index contributed by atoms with van der Waals surface area (Å²) in [5.41, 5.74) is 5.38. The molecule has 0 radical (unpaired) electrons. The fraction of sp³-hybridized carbons (Fsp3) is 0.800. The molecule has 0 fully saturated rings. The highest BCUT2D eigenvalue weighted by Gasteiger charge is 2.10. The second kappa shape index (κ2) is 9.44. The zero-order valence-corrected chi connectivity index (χ0v) is 9.16. The Morgan fingerprint density at radius 3 is 2.87 bits per heavy atom. The van der Waals surface area contributed by atoms with Gasteiger partial charge in [0.25, 0.3) is 0 Å². The predicted molar refractivity (Wildman–Crippen MR) is 56.9 cm³/mol. The molecule has 0 aliphatic rings. The Morgan fingerprint density at radius 1 is 1.60 bits per heavy atom. The lowest BCUT2D eigenvalue weighted by Gasteiger charge is -2.12. The minimum atomic E-state index is -0.205. The van der Waals surface area contributed by atoms with Crippen LogP contribution in [0, 0.1) is 11.3 Å². The van der Waals surface area contributed by atoms with Crippen LogP contribution in [-0.4, -0.2) is 32.2 Å². The molecule has 0 spiro atoms. The van der Waals surface area contributed by atoms with E-state index in [1.54, 1.807) is 0 Å². The minimum Gasteiger partial charge on any atom is -0.380 e. The van der Waals surface area contributed by atoms with Crippen LogP contribution in [0.5, 0.6) is 0 Å². The normalized spacial score (nSPS) is 11.8. The van der Waals surface area contributed by atoms with Crippen LogP contribution < -0.4 is 11.1 Å². The van der Waals surface area contributed by atoms with Crippen molar-refractivity contribution in [1.82, 2.24) is 5.32 Å². The van der Waals surface area contributed by atoms with Crippen LogP contribution in [0.3, 0.4) is 0 Å². The van der Waals surface area contributed by atoms with Crippen molar-refractivity contribution in [3.8, 4) is 6.07 Å². The summed E-state index contributed by atoms with van der Waals surface area (Å²) in [6.07, 6.45) is 2.29. The van der Waals surface area contributed by atoms with Crippen molar-refractivity contribution in [3.05, 3.63) is 0 Å². The lowest BCUT2D eigenvalue weighted by atomic mass is 10.2. The van der Waals surface area contributed by atoms with E-state index >= 15 is 0 Å². The summed E-state index contributed by atoms with van der Waals surface area (Å²) in [6.45, 7) is 0.958. The van der Waals surface area contributed by atoms with Crippen LogP contribution in [0.1, 0.15) is 25.7 Å². The Kier molecular flexibility index (Phi) is 8.73. The van der Waals surface area contributed by atoms with Crippen LogP contribution in [0.4, 0.5) is 0 Å². The molecule has 3 N–H and O–H groups in total. The maximum atomic E-state index is 11.3. The van der Waals surface area contributed by atoms with E-state index in [1.807, 2.05) is 0 Å². The van der Waals surface area contributed by atoms with Crippen LogP contribution in [0.2, 0.25) is 0 Å². The first-order valence-corrected chi connectivity index (χ1v) is 5.11. The summed E-state index contributed by atoms with van der Waals surface area (Å²) in [6, 6.07) is 2.06. The first-order valence-electron chi connectivity index (χ1n) is 5.11. The van der Waals surface area contributed by atoms with Crippen molar-refractivity contribution in [2.24, 2.45) is 5.73 Å². The molecule has 0 aromatic carbocycles. The molecule has 5 heteroatoms. The van der Waals surface area contributed by atoms with E-state index in [4.69, 9.17) is 15.7 Å². The maximum Gasteiger partial charge on any atom is 0.222 e. The number of unbranched alkanes of at least 4 members (excludes halogenated alkanes) is 2. The van der Waals surface area contributed by atoms with Gasteiger partial charge in [-0.15, -0.1) is 0 Å². The van der Waals surface area contributed by atoms with E-state index in [1.165, 1.54) is 7.11 Å². The number of methoxy groups -OCH3 is 1. The van der Waals surface area contributed by atoms with Crippen molar-refractivity contribution < 1.29 is 9.53 Å². The first-order chi connectivity index (χ1) is 7.24. The molecule has 0 aromatic rings. The first kappa shape index (κ1) is 13.9. The third-order valence-electron chi connectivity index (χ3n) is 2.05. The number of ether oxygens (including phenoxy) is 1. The van der Waals surface area contributed by atoms with E-state index in [-0.39, 0.29) is 12.0 Å². The summed E-state index contributed by atoms with van der Waals surface area (Å²) >= 11 is 0. The van der Waals surface area contributed by atoms with Crippen molar-refractivity contribution in [2.45, 2.75) is 31.8 Å². The van der Waals surface area contributed by atoms with Gasteiger partial charge in [-0.25, -0.2) is 0 Å². The summed E-state index contributed by atoms with van der Waals surface area (Å²) < 4.78 is 4.99. The highest BCUT2D eigenvalue weighted by Crippen LogP contribution is 1.95. The third-order valence-corrected chi connectivity index (χ3v) is 2.05. The number of carbonyl (C=O) groups excluding carboxylic acids is 1. The van der Waals surface area contributed by atoms with Crippen molar-refractivity contribution in [3.63, 3.8) is 0 Å². The second-order valence-electron chi connectivity index (χ2n) is 3.26. The van der Waals surface area contributed by atoms with Gasteiger partial charge >= 0.3 is 0 Å². The molecule has 86 valence electrons. The van der Waals surface area contributed by atoms with Gasteiger partial charge in [0.2, 0.25) is 5.91 Å². The van der Waals surface area contributed by atoms with Gasteiger partial charge in [-0.1, -0.05) is 0 Å². The van der Waals surface area contributed by atoms with E-state index in [0.29, 0.717) is 25.9 Å². The highest BCUT2D eigenvalue weighted by molar-refractivity contribution is 5.76. The third kappa shape index (κ3) is 7.91. The molecule has 0 saturated heterocycles. The fourth-order valence-corrected chi connectivity index (χ4v) is 1.10. The predicted octanol–water partition coefficient (Wildman–Crippen LogP) is 0.160. The molecule has 0 aliphatic carbocycles. The minimum absolute atomic E-state index is 0.0516. The highest BCUT2D eigenvalue weighted by atomic mass is 16.5. The van der Waals surface area contributed by atoms with Crippen LogP contribution >= 0.6 is 0 Å². The molecule has 0 aromatic heterocycles. The molecular weight excluding hydrogens is 194 g/mol. The molecule has 0 bridgehead atoms. The molecule has 1 atom stereocenters. The van der Waals surface area contributed by atoms with Crippen LogP contribution in [0.25, 0.3) is 0 Å². The topological polar surface area (TPSA) is 88.1 Å². The second-order valence-corrected chi connectivity index (χ2v) is 3.26. The molecule has 1 unspecified atom stereocenters. The van der Waals surface area contributed by atoms with Gasteiger partial charge in [-0.2, -0.15) is 5.26 Å². The Labute approximate surface area is 90.6 Å². The molecule has 0 aliphatic heterocycles. The summed E-state index contributed by atoms with van der Waals surface area (Å²) in [7, 11) is 1.54. The fourth-order valence-electron chi connectivity index (χ4n) is 1.10. The average Bonchev–Trinajstić information content (AvgIpc) is 2.25. The van der Waals surface area contributed by atoms with Gasteiger partial charge in [-0.3, -0.25) is 4.79 Å². The lowest BCUT2D eigenvalue weighted by molar-refractivity contribution is -0.123. The van der Waals surface area contributed by atoms with Gasteiger partial charge in [0.1, 0.15) is 0 Å². The standard InChI is InChI=1S/C10H19N3O2/c1-15-9(8-12)7-10(14)13-6-4-2-3-5-11/h9H,2-4,6-8,12H2,1H3,(H,13,14). The van der Waals surface area contributed by atoms with Crippen molar-refractivity contribution >= 4 is 5.91 Å². The lowest BCUT2D eigenvalue weighted by Crippen LogP contribution is -2.32. The van der Waals surface area contributed by atoms with Gasteiger partial charge < -0.3 is 15.8 Å². The van der Waals surface area contributed by atoms with Gasteiger partial charge in [-0.05, 0) is 12.8 Å². The van der Waals surface area contributed by atoms with Gasteiger partial charge in [0.05, 0.1) is 18.6 Å². The number of hydrogen-bond donors (Lipinski definition) is 2. The largest absolute Gasteiger partial charge is 0.380 e. The molecule has 0 rings (SSSR count). The number of nitriles is 1. The quantitative estimate of drug-likeness (QED) is 0.562. The molecule has 15 heavy (non-hydrogen) atoms. The van der Waals surface area contributed by atoms with Crippen LogP contribution in [-0.2, 0) is 9.53 Å². The number of nitrogens with two attached hydrogens (primary N) is 1. The maximum absolute atomic E-state index is 11.3. The SMILES string of the molecule is COC(CN)CC(=O)NCCCCC#N. The molecule has 0 heterocycles. The zero-order valence-electron chi connectivity index (χ0n) is 9.16. The summed E-state index contributed by atoms with van der Waals surface area (Å²) in [5, 5.41) is 11.0. The summed E-state index contributed by atoms with van der Waals surface area (Å²) in [5.74, 6) is -0.0516. The number of nitrogens with one attached hydrogen (secondary N) is 1. The Bertz CT molecular complexity index is 209. The molecule has 1 amide bonds. The smallest absolute Gasteiger partial charge is 0.222 e. The van der Waals surface area contributed by atoms with Crippen molar-refractivity contribution in [1.29, 1.82) is 5.26 Å². The summed E-state index contributed by atoms with van der Waals surface area (Å²) in [4.78, 5) is 11.3. The van der Waals surface area contributed by atoms with Gasteiger partial charge in [0, 0.05) is 26.6 Å². The number of carbonyl (C=O) groups is 1. The number of rotatable bonds is 8. The zero-order chi connectivity index (χ0) is 11.5. The molecular formula is C10H19N3O2. The van der Waals surface area contributed by atoms with Gasteiger partial charge in [0.15, 0.2) is 0 Å². The molecule has 5 nitrogen and oxygen atoms in total. The van der Waals surface area contributed by atoms with E-state index in [0.717, 1.165) is 12.8 Å². The van der Waals surface area contributed by atoms with E-state index < -0.39 is 0 Å². The Morgan fingerprint density at radius 2 is 2.33 bits per heavy atom. The van der Waals surface area contributed by atoms with Crippen LogP contribution in [0.15, 0.2) is 0 Å². The van der Waals surface area contributed by atoms with E-state index in [9.17, 15) is 4.79 Å².